The Balaban J connectivity index is 0.00000913. The number of imide groups is 1. The summed E-state index contributed by atoms with van der Waals surface area (Å²) in [4.78, 5) is 42.2. The molecule has 0 aromatic heterocycles. The average Bonchev–Trinajstić information content (AvgIpc) is 3.75. The van der Waals surface area contributed by atoms with Gasteiger partial charge in [-0.3, -0.25) is 23.2 Å². The summed E-state index contributed by atoms with van der Waals surface area (Å²) in [5, 5.41) is 0.500. The Morgan fingerprint density at radius 3 is 2.04 bits per heavy atom. The van der Waals surface area contributed by atoms with Crippen LogP contribution in [0.15, 0.2) is 100 Å². The summed E-state index contributed by atoms with van der Waals surface area (Å²) in [5.74, 6) is -3.02. The number of aryl methyl sites for hydroxylation is 1. The van der Waals surface area contributed by atoms with Gasteiger partial charge < -0.3 is 14.3 Å². The Hall–Kier alpha value is -4.40. The van der Waals surface area contributed by atoms with E-state index >= 15 is 0 Å². The molecular weight excluding hydrogens is 1000 g/mol. The van der Waals surface area contributed by atoms with Gasteiger partial charge in [0.25, 0.3) is 42.2 Å². The first-order valence-corrected chi connectivity index (χ1v) is 27.9. The van der Waals surface area contributed by atoms with Crippen LogP contribution >= 0.6 is 0 Å². The minimum atomic E-state index is -4.87. The third kappa shape index (κ3) is 13.6. The Morgan fingerprint density at radius 1 is 0.786 bits per heavy atom. The molecule has 0 atom stereocenters. The van der Waals surface area contributed by atoms with E-state index in [4.69, 9.17) is 4.84 Å². The fraction of sp³-hybridized carbons (Fsp3) is 0.391. The standard InChI is InChI=1S/C46H53N3O16S4.Na.H/c1-45(2)36-29-34(68(59,60)61)16-18-38(36)47(24-8-26-66(53,54)55)40(45)20-14-32(33-12-7-11-31(28-33)10-5-6-13-44(52)65-49-42(50)22-23-43(49)51)15-21-41-46(3,4)37-30-35(69(62,63)64)17-19-39(37)48(41)25-9-27-67(56,57)58;;/h7,11-12,14-21,28-30H,5-6,8-10,13,22-27H2,1-4H3,(H3-,53,54,55,56,57,58,59,60,61,62,63,64);;. The molecule has 0 unspecified atom stereocenters. The second kappa shape index (κ2) is 21.8. The van der Waals surface area contributed by atoms with Crippen LogP contribution in [0.25, 0.3) is 5.57 Å². The van der Waals surface area contributed by atoms with Crippen LogP contribution in [0, 0.1) is 0 Å². The zero-order valence-electron chi connectivity index (χ0n) is 38.2. The van der Waals surface area contributed by atoms with Gasteiger partial charge in [-0.25, -0.2) is 13.2 Å². The first kappa shape index (κ1) is 56.5. The number of fused-ring (bicyclic) bond motifs is 2. The van der Waals surface area contributed by atoms with Gasteiger partial charge in [0.2, 0.25) is 5.69 Å². The number of unbranched alkanes of at least 4 members (excludes halogenated alkanes) is 1. The second-order valence-electron chi connectivity index (χ2n) is 18.0. The minimum absolute atomic E-state index is 0. The number of anilines is 1. The Labute approximate surface area is 430 Å². The zero-order chi connectivity index (χ0) is 50.9. The van der Waals surface area contributed by atoms with E-state index in [9.17, 15) is 66.3 Å². The molecule has 374 valence electrons. The van der Waals surface area contributed by atoms with E-state index in [0.717, 1.165) is 5.56 Å². The van der Waals surface area contributed by atoms with Crippen molar-refractivity contribution >= 4 is 110 Å². The quantitative estimate of drug-likeness (QED) is 0.0343. The van der Waals surface area contributed by atoms with Crippen molar-refractivity contribution in [2.75, 3.05) is 29.5 Å². The first-order chi connectivity index (χ1) is 32.0. The monoisotopic (exact) mass is 1060 g/mol. The molecule has 1 fully saturated rings. The summed E-state index contributed by atoms with van der Waals surface area (Å²) in [6, 6.07) is 15.5. The number of rotatable bonds is 20. The van der Waals surface area contributed by atoms with E-state index in [1.807, 2.05) is 52.0 Å². The Bertz CT molecular complexity index is 3160. The third-order valence-corrected chi connectivity index (χ3v) is 15.6. The first-order valence-electron chi connectivity index (χ1n) is 21.8. The number of nitrogens with zero attached hydrogens (tertiary/aromatic N) is 3. The molecule has 0 radical (unpaired) electrons. The molecule has 0 spiro atoms. The molecule has 0 bridgehead atoms. The van der Waals surface area contributed by atoms with Gasteiger partial charge in [-0.1, -0.05) is 44.2 Å². The molecule has 3 aromatic carbocycles. The zero-order valence-corrected chi connectivity index (χ0v) is 41.5. The van der Waals surface area contributed by atoms with Crippen LogP contribution in [0.5, 0.6) is 0 Å². The van der Waals surface area contributed by atoms with Gasteiger partial charge in [-0.2, -0.15) is 29.8 Å². The van der Waals surface area contributed by atoms with Crippen LogP contribution in [0.3, 0.4) is 0 Å². The van der Waals surface area contributed by atoms with E-state index in [0.29, 0.717) is 69.4 Å². The van der Waals surface area contributed by atoms with Crippen LogP contribution in [-0.2, 0) is 76.9 Å². The normalized spacial score (nSPS) is 17.7. The number of hydrogen-bond donors (Lipinski definition) is 3. The molecule has 24 heteroatoms. The average molecular weight is 1060 g/mol. The van der Waals surface area contributed by atoms with Gasteiger partial charge in [-0.05, 0) is 104 Å². The summed E-state index contributed by atoms with van der Waals surface area (Å²) in [6.45, 7) is 7.40. The van der Waals surface area contributed by atoms with Crippen LogP contribution < -0.4 is 4.90 Å². The second-order valence-corrected chi connectivity index (χ2v) is 23.9. The van der Waals surface area contributed by atoms with E-state index in [-0.39, 0.29) is 79.6 Å². The van der Waals surface area contributed by atoms with Crippen molar-refractivity contribution in [1.29, 1.82) is 0 Å². The van der Waals surface area contributed by atoms with E-state index in [1.165, 1.54) is 36.4 Å². The summed E-state index contributed by atoms with van der Waals surface area (Å²) >= 11 is 0. The molecule has 0 aliphatic carbocycles. The summed E-state index contributed by atoms with van der Waals surface area (Å²) in [6.07, 6.45) is 8.34. The fourth-order valence-corrected chi connectivity index (χ4v) is 10.8. The maximum absolute atomic E-state index is 12.5. The summed E-state index contributed by atoms with van der Waals surface area (Å²) in [5.41, 5.74) is 3.37. The number of hydroxylamine groups is 2. The third-order valence-electron chi connectivity index (χ3n) is 12.3. The molecule has 2 amide bonds. The molecule has 3 aromatic rings. The molecule has 3 aliphatic heterocycles. The van der Waals surface area contributed by atoms with Crippen molar-refractivity contribution in [2.45, 2.75) is 99.7 Å². The number of carbonyl (C=O) groups excluding carboxylic acids is 3. The van der Waals surface area contributed by atoms with Crippen molar-refractivity contribution in [2.24, 2.45) is 0 Å². The Kier molecular flexibility index (Phi) is 17.6. The van der Waals surface area contributed by atoms with Crippen molar-refractivity contribution in [1.82, 2.24) is 5.06 Å². The van der Waals surface area contributed by atoms with Gasteiger partial charge in [0, 0.05) is 66.7 Å². The summed E-state index contributed by atoms with van der Waals surface area (Å²) < 4.78 is 139. The van der Waals surface area contributed by atoms with Crippen molar-refractivity contribution in [3.05, 3.63) is 113 Å². The van der Waals surface area contributed by atoms with Gasteiger partial charge in [-0.15, -0.1) is 5.06 Å². The molecule has 19 nitrogen and oxygen atoms in total. The van der Waals surface area contributed by atoms with Gasteiger partial charge in [0.1, 0.15) is 16.7 Å². The van der Waals surface area contributed by atoms with Crippen LogP contribution in [-0.4, -0.2) is 139 Å². The van der Waals surface area contributed by atoms with Gasteiger partial charge >= 0.3 is 35.5 Å². The van der Waals surface area contributed by atoms with Crippen LogP contribution in [0.2, 0.25) is 0 Å². The number of hydrogen-bond acceptors (Lipinski definition) is 14. The molecule has 3 N–H and O–H groups in total. The fourth-order valence-electron chi connectivity index (χ4n) is 8.81. The van der Waals surface area contributed by atoms with Gasteiger partial charge in [0.05, 0.1) is 26.7 Å². The molecule has 70 heavy (non-hydrogen) atoms. The van der Waals surface area contributed by atoms with Crippen LogP contribution in [0.4, 0.5) is 11.4 Å². The van der Waals surface area contributed by atoms with Crippen molar-refractivity contribution in [3.8, 4) is 0 Å². The number of benzene rings is 3. The predicted octanol–water partition coefficient (Wildman–Crippen LogP) is 4.76. The molecule has 3 heterocycles. The SMILES string of the molecule is CC1(C)C(=CC=C(C=CC2=[N+](CCCS(=O)(=O)O)c3ccc(S(=O)(=O)[O-])cc3C2(C)C)c2cccc(CCCCC(=O)ON3C(=O)CCC3=O)c2)N(CCCS(=O)(=O)O)c2ccc(S(=O)(=O)O)cc21.[NaH]. The van der Waals surface area contributed by atoms with Crippen molar-refractivity contribution in [3.63, 3.8) is 0 Å². The molecule has 1 saturated heterocycles. The van der Waals surface area contributed by atoms with E-state index in [2.05, 4.69) is 0 Å². The van der Waals surface area contributed by atoms with Crippen LogP contribution in [0.1, 0.15) is 94.9 Å². The Morgan fingerprint density at radius 2 is 1.41 bits per heavy atom. The van der Waals surface area contributed by atoms with E-state index < -0.39 is 85.5 Å². The molecular formula is C46H54N3NaO16S4. The molecule has 0 saturated carbocycles. The van der Waals surface area contributed by atoms with Gasteiger partial charge in [0.15, 0.2) is 5.71 Å². The number of amides is 2. The predicted molar refractivity (Wildman–Crippen MR) is 259 cm³/mol. The molecule has 3 aliphatic rings. The van der Waals surface area contributed by atoms with E-state index in [1.54, 1.807) is 33.8 Å². The number of allylic oxidation sites excluding steroid dienone is 6. The molecule has 6 rings (SSSR count). The summed E-state index contributed by atoms with van der Waals surface area (Å²) in [7, 11) is -18.2. The van der Waals surface area contributed by atoms with Crippen molar-refractivity contribution < 1.29 is 75.7 Å². The maximum atomic E-state index is 12.5. The number of carbonyl (C=O) groups is 3. The topological polar surface area (TPSA) is 290 Å².